The minimum atomic E-state index is -0.680. The summed E-state index contributed by atoms with van der Waals surface area (Å²) in [4.78, 5) is 16.8. The van der Waals surface area contributed by atoms with E-state index in [1.54, 1.807) is 6.07 Å². The average Bonchev–Trinajstić information content (AvgIpc) is 3.18. The van der Waals surface area contributed by atoms with E-state index < -0.39 is 5.54 Å². The van der Waals surface area contributed by atoms with Crippen LogP contribution in [0.2, 0.25) is 5.02 Å². The van der Waals surface area contributed by atoms with Crippen LogP contribution in [0.15, 0.2) is 12.3 Å². The van der Waals surface area contributed by atoms with Crippen molar-refractivity contribution >= 4 is 23.3 Å². The van der Waals surface area contributed by atoms with Crippen LogP contribution in [0, 0.1) is 12.3 Å². The Hall–Kier alpha value is -1.73. The van der Waals surface area contributed by atoms with Gasteiger partial charge in [-0.3, -0.25) is 4.79 Å². The average molecular weight is 306 g/mol. The van der Waals surface area contributed by atoms with E-state index in [0.29, 0.717) is 22.8 Å². The summed E-state index contributed by atoms with van der Waals surface area (Å²) >= 11 is 5.98. The number of amides is 1. The van der Waals surface area contributed by atoms with Crippen molar-refractivity contribution in [2.45, 2.75) is 51.1 Å². The van der Waals surface area contributed by atoms with Crippen molar-refractivity contribution in [1.29, 1.82) is 0 Å². The Kier molecular flexibility index (Phi) is 4.15. The number of terminal acetylenes is 1. The number of carbonyl (C=O) groups is 1. The summed E-state index contributed by atoms with van der Waals surface area (Å²) in [5.74, 6) is 2.90. The van der Waals surface area contributed by atoms with E-state index in [0.717, 1.165) is 12.8 Å². The Morgan fingerprint density at radius 1 is 1.62 bits per heavy atom. The van der Waals surface area contributed by atoms with E-state index in [-0.39, 0.29) is 11.4 Å². The second-order valence-electron chi connectivity index (χ2n) is 6.02. The Labute approximate surface area is 130 Å². The quantitative estimate of drug-likeness (QED) is 0.821. The highest BCUT2D eigenvalue weighted by Crippen LogP contribution is 2.38. The van der Waals surface area contributed by atoms with Crippen LogP contribution in [0.5, 0.6) is 0 Å². The zero-order chi connectivity index (χ0) is 15.7. The lowest BCUT2D eigenvalue weighted by Gasteiger charge is -2.24. The number of nitrogens with zero attached hydrogens (tertiary/aromatic N) is 1. The van der Waals surface area contributed by atoms with E-state index in [9.17, 15) is 4.79 Å². The lowest BCUT2D eigenvalue weighted by atomic mass is 9.99. The van der Waals surface area contributed by atoms with Gasteiger partial charge >= 0.3 is 0 Å². The van der Waals surface area contributed by atoms with Crippen LogP contribution in [0.25, 0.3) is 0 Å². The fraction of sp³-hybridized carbons (Fsp3) is 0.500. The van der Waals surface area contributed by atoms with Gasteiger partial charge in [-0.1, -0.05) is 24.4 Å². The molecule has 1 heterocycles. The molecule has 2 rings (SSSR count). The number of halogens is 1. The van der Waals surface area contributed by atoms with E-state index in [1.807, 2.05) is 13.8 Å². The highest BCUT2D eigenvalue weighted by Gasteiger charge is 2.38. The zero-order valence-electron chi connectivity index (χ0n) is 12.6. The maximum atomic E-state index is 12.5. The Morgan fingerprint density at radius 3 is 2.81 bits per heavy atom. The van der Waals surface area contributed by atoms with Gasteiger partial charge in [-0.15, -0.1) is 6.42 Å². The van der Waals surface area contributed by atoms with E-state index in [1.165, 1.54) is 6.20 Å². The molecule has 0 aliphatic heterocycles. The third-order valence-electron chi connectivity index (χ3n) is 3.93. The topological polar surface area (TPSA) is 54.0 Å². The summed E-state index contributed by atoms with van der Waals surface area (Å²) in [5.41, 5.74) is -0.235. The summed E-state index contributed by atoms with van der Waals surface area (Å²) in [6.07, 6.45) is 9.81. The highest BCUT2D eigenvalue weighted by molar-refractivity contribution is 6.31. The summed E-state index contributed by atoms with van der Waals surface area (Å²) < 4.78 is 0. The third kappa shape index (κ3) is 3.68. The number of hydrogen-bond acceptors (Lipinski definition) is 3. The van der Waals surface area contributed by atoms with Gasteiger partial charge in [-0.05, 0) is 39.2 Å². The van der Waals surface area contributed by atoms with Crippen molar-refractivity contribution in [2.24, 2.45) is 0 Å². The predicted octanol–water partition coefficient (Wildman–Crippen LogP) is 3.23. The molecule has 0 aromatic carbocycles. The van der Waals surface area contributed by atoms with Gasteiger partial charge in [0.25, 0.3) is 5.91 Å². The molecule has 21 heavy (non-hydrogen) atoms. The number of rotatable bonds is 5. The minimum absolute atomic E-state index is 0.0238. The molecule has 0 saturated heterocycles. The smallest absolute Gasteiger partial charge is 0.256 e. The molecule has 1 aromatic rings. The Balaban J connectivity index is 2.27. The lowest BCUT2D eigenvalue weighted by Crippen LogP contribution is -2.44. The predicted molar refractivity (Wildman–Crippen MR) is 85.5 cm³/mol. The Bertz CT molecular complexity index is 604. The maximum Gasteiger partial charge on any atom is 0.256 e. The van der Waals surface area contributed by atoms with Crippen molar-refractivity contribution in [1.82, 2.24) is 10.3 Å². The van der Waals surface area contributed by atoms with Gasteiger partial charge in [0.2, 0.25) is 0 Å². The molecular weight excluding hydrogens is 286 g/mol. The number of aromatic nitrogens is 1. The summed E-state index contributed by atoms with van der Waals surface area (Å²) in [6, 6.07) is 1.62. The van der Waals surface area contributed by atoms with Gasteiger partial charge < -0.3 is 10.6 Å². The zero-order valence-corrected chi connectivity index (χ0v) is 13.3. The molecule has 0 radical (unpaired) electrons. The van der Waals surface area contributed by atoms with Gasteiger partial charge in [-0.25, -0.2) is 4.98 Å². The number of hydrogen-bond donors (Lipinski definition) is 2. The lowest BCUT2D eigenvalue weighted by molar-refractivity contribution is 0.0924. The SMILES string of the molecule is C#C[C@](C)(CC)NC(=O)c1cc(Cl)cnc1NC1(C)CC1. The van der Waals surface area contributed by atoms with E-state index >= 15 is 0 Å². The molecular formula is C16H20ClN3O. The standard InChI is InChI=1S/C16H20ClN3O/c1-5-15(3,6-2)20-14(21)12-9-11(17)10-18-13(12)19-16(4)7-8-16/h1,9-10H,6-8H2,2-4H3,(H,18,19)(H,20,21)/t15-/m1/s1. The first-order chi connectivity index (χ1) is 9.81. The highest BCUT2D eigenvalue weighted by atomic mass is 35.5. The van der Waals surface area contributed by atoms with Crippen LogP contribution < -0.4 is 10.6 Å². The molecule has 5 heteroatoms. The molecule has 1 amide bonds. The van der Waals surface area contributed by atoms with Gasteiger partial charge in [0.15, 0.2) is 0 Å². The van der Waals surface area contributed by atoms with E-state index in [2.05, 4.69) is 28.5 Å². The van der Waals surface area contributed by atoms with Crippen molar-refractivity contribution < 1.29 is 4.79 Å². The molecule has 1 atom stereocenters. The summed E-state index contributed by atoms with van der Waals surface area (Å²) in [5, 5.41) is 6.60. The van der Waals surface area contributed by atoms with E-state index in [4.69, 9.17) is 18.0 Å². The first kappa shape index (κ1) is 15.7. The van der Waals surface area contributed by atoms with Crippen LogP contribution in [0.4, 0.5) is 5.82 Å². The van der Waals surface area contributed by atoms with Crippen molar-refractivity contribution in [3.05, 3.63) is 22.8 Å². The third-order valence-corrected chi connectivity index (χ3v) is 4.14. The Morgan fingerprint density at radius 2 is 2.29 bits per heavy atom. The molecule has 0 unspecified atom stereocenters. The second kappa shape index (κ2) is 5.57. The molecule has 1 aliphatic carbocycles. The van der Waals surface area contributed by atoms with Crippen LogP contribution in [0.1, 0.15) is 50.4 Å². The molecule has 1 aliphatic rings. The van der Waals surface area contributed by atoms with Crippen LogP contribution in [-0.2, 0) is 0 Å². The minimum Gasteiger partial charge on any atom is -0.364 e. The normalized spacial score (nSPS) is 18.2. The first-order valence-corrected chi connectivity index (χ1v) is 7.43. The molecule has 1 fully saturated rings. The molecule has 4 nitrogen and oxygen atoms in total. The van der Waals surface area contributed by atoms with Crippen molar-refractivity contribution in [2.75, 3.05) is 5.32 Å². The summed E-state index contributed by atoms with van der Waals surface area (Å²) in [7, 11) is 0. The monoisotopic (exact) mass is 305 g/mol. The number of pyridine rings is 1. The molecule has 1 aromatic heterocycles. The molecule has 112 valence electrons. The number of anilines is 1. The first-order valence-electron chi connectivity index (χ1n) is 7.05. The molecule has 1 saturated carbocycles. The van der Waals surface area contributed by atoms with Crippen LogP contribution >= 0.6 is 11.6 Å². The van der Waals surface area contributed by atoms with Gasteiger partial charge in [0.05, 0.1) is 16.1 Å². The molecule has 0 spiro atoms. The molecule has 2 N–H and O–H groups in total. The van der Waals surface area contributed by atoms with Crippen molar-refractivity contribution in [3.63, 3.8) is 0 Å². The van der Waals surface area contributed by atoms with Gasteiger partial charge in [0.1, 0.15) is 5.82 Å². The van der Waals surface area contributed by atoms with Gasteiger partial charge in [0, 0.05) is 11.7 Å². The summed E-state index contributed by atoms with van der Waals surface area (Å²) in [6.45, 7) is 5.85. The number of carbonyl (C=O) groups excluding carboxylic acids is 1. The van der Waals surface area contributed by atoms with Crippen LogP contribution in [0.3, 0.4) is 0 Å². The molecule has 0 bridgehead atoms. The maximum absolute atomic E-state index is 12.5. The van der Waals surface area contributed by atoms with Crippen LogP contribution in [-0.4, -0.2) is 22.0 Å². The largest absolute Gasteiger partial charge is 0.364 e. The fourth-order valence-electron chi connectivity index (χ4n) is 1.85. The fourth-order valence-corrected chi connectivity index (χ4v) is 2.01. The van der Waals surface area contributed by atoms with Crippen molar-refractivity contribution in [3.8, 4) is 12.3 Å². The number of nitrogens with one attached hydrogen (secondary N) is 2. The van der Waals surface area contributed by atoms with Gasteiger partial charge in [-0.2, -0.15) is 0 Å². The second-order valence-corrected chi connectivity index (χ2v) is 6.46.